The number of esters is 1. The number of rotatable bonds is 2. The second kappa shape index (κ2) is 7.11. The van der Waals surface area contributed by atoms with Crippen molar-refractivity contribution in [1.82, 2.24) is 4.31 Å². The second-order valence-corrected chi connectivity index (χ2v) is 11.4. The van der Waals surface area contributed by atoms with Crippen molar-refractivity contribution in [3.05, 3.63) is 71.3 Å². The summed E-state index contributed by atoms with van der Waals surface area (Å²) in [7, 11) is -3.76. The Balaban J connectivity index is 1.56. The van der Waals surface area contributed by atoms with E-state index in [9.17, 15) is 13.2 Å². The number of fused-ring (bicyclic) bond motifs is 5. The molecule has 0 unspecified atom stereocenters. The van der Waals surface area contributed by atoms with E-state index in [1.165, 1.54) is 0 Å². The fourth-order valence-electron chi connectivity index (χ4n) is 6.46. The highest BCUT2D eigenvalue weighted by atomic mass is 32.2. The van der Waals surface area contributed by atoms with E-state index in [2.05, 4.69) is 0 Å². The highest BCUT2D eigenvalue weighted by Gasteiger charge is 2.65. The summed E-state index contributed by atoms with van der Waals surface area (Å²) < 4.78 is 35.0. The van der Waals surface area contributed by atoms with Gasteiger partial charge in [0, 0.05) is 12.3 Å². The summed E-state index contributed by atoms with van der Waals surface area (Å²) in [6, 6.07) is 14.6. The van der Waals surface area contributed by atoms with Crippen LogP contribution in [-0.4, -0.2) is 43.6 Å². The molecule has 0 amide bonds. The van der Waals surface area contributed by atoms with E-state index < -0.39 is 15.4 Å². The average Bonchev–Trinajstić information content (AvgIpc) is 3.14. The number of aryl methyl sites for hydroxylation is 1. The number of nitrogens with zero attached hydrogens (tertiary/aromatic N) is 2. The molecule has 4 atom stereocenters. The Hall–Kier alpha value is -2.77. The molecule has 6 nitrogen and oxygen atoms in total. The summed E-state index contributed by atoms with van der Waals surface area (Å²) in [5.41, 5.74) is 4.06. The molecule has 3 aliphatic heterocycles. The van der Waals surface area contributed by atoms with Crippen LogP contribution in [0.4, 0.5) is 5.69 Å². The van der Waals surface area contributed by atoms with Gasteiger partial charge in [0.25, 0.3) is 0 Å². The molecule has 170 valence electrons. The quantitative estimate of drug-likeness (QED) is 0.501. The van der Waals surface area contributed by atoms with Gasteiger partial charge in [-0.3, -0.25) is 9.79 Å². The highest BCUT2D eigenvalue weighted by Crippen LogP contribution is 2.59. The number of piperidine rings is 1. The van der Waals surface area contributed by atoms with E-state index in [4.69, 9.17) is 9.73 Å². The molecule has 2 saturated heterocycles. The van der Waals surface area contributed by atoms with Gasteiger partial charge in [0.15, 0.2) is 0 Å². The van der Waals surface area contributed by atoms with Crippen molar-refractivity contribution in [3.8, 4) is 0 Å². The van der Waals surface area contributed by atoms with Crippen LogP contribution in [0.15, 0.2) is 70.1 Å². The van der Waals surface area contributed by atoms with Gasteiger partial charge >= 0.3 is 5.97 Å². The Morgan fingerprint density at radius 2 is 1.91 bits per heavy atom. The van der Waals surface area contributed by atoms with Crippen LogP contribution >= 0.6 is 0 Å². The SMILES string of the molecule is C/C=C1/CN(S(=O)(=O)c2ccc(C)cc2)[C@H]2C[C@@H]1[C@H]1C(=O)OCC[C@@]13C2=Nc1ccccc13. The molecule has 0 N–H and O–H groups in total. The molecule has 2 aromatic carbocycles. The number of para-hydroxylation sites is 1. The number of hydrogen-bond acceptors (Lipinski definition) is 5. The van der Waals surface area contributed by atoms with Gasteiger partial charge in [-0.15, -0.1) is 0 Å². The molecule has 2 bridgehead atoms. The van der Waals surface area contributed by atoms with Crippen LogP contribution in [0.2, 0.25) is 0 Å². The van der Waals surface area contributed by atoms with Crippen molar-refractivity contribution < 1.29 is 17.9 Å². The van der Waals surface area contributed by atoms with Gasteiger partial charge < -0.3 is 4.74 Å². The molecule has 0 radical (unpaired) electrons. The Morgan fingerprint density at radius 1 is 1.15 bits per heavy atom. The normalized spacial score (nSPS) is 31.9. The molecule has 2 aromatic rings. The van der Waals surface area contributed by atoms with Crippen LogP contribution < -0.4 is 0 Å². The average molecular weight is 463 g/mol. The van der Waals surface area contributed by atoms with E-state index in [1.807, 2.05) is 56.3 Å². The standard InChI is InChI=1S/C26H26N2O4S/c1-3-17-15-28(33(30,31)18-10-8-16(2)9-11-18)22-14-19(17)23-25(29)32-13-12-26(23)20-6-4-5-7-21(20)27-24(22)26/h3-11,19,22-23H,12-15H2,1-2H3/b17-3-/t19-,22-,23-,26-/m0/s1. The number of cyclic esters (lactones) is 1. The summed E-state index contributed by atoms with van der Waals surface area (Å²) in [6.45, 7) is 4.45. The third-order valence-electron chi connectivity index (χ3n) is 7.96. The lowest BCUT2D eigenvalue weighted by molar-refractivity contribution is -0.159. The molecular weight excluding hydrogens is 436 g/mol. The van der Waals surface area contributed by atoms with Crippen molar-refractivity contribution in [3.63, 3.8) is 0 Å². The maximum atomic E-state index is 13.9. The molecule has 33 heavy (non-hydrogen) atoms. The van der Waals surface area contributed by atoms with Crippen LogP contribution in [-0.2, 0) is 25.0 Å². The molecule has 4 aliphatic rings. The minimum Gasteiger partial charge on any atom is -0.465 e. The number of hydrogen-bond donors (Lipinski definition) is 0. The van der Waals surface area contributed by atoms with E-state index in [0.717, 1.165) is 28.1 Å². The lowest BCUT2D eigenvalue weighted by Crippen LogP contribution is -2.66. The summed E-state index contributed by atoms with van der Waals surface area (Å²) in [5.74, 6) is -0.633. The number of sulfonamides is 1. The first kappa shape index (κ1) is 20.8. The lowest BCUT2D eigenvalue weighted by Gasteiger charge is -2.56. The minimum atomic E-state index is -3.76. The van der Waals surface area contributed by atoms with E-state index in [0.29, 0.717) is 19.4 Å². The Labute approximate surface area is 194 Å². The summed E-state index contributed by atoms with van der Waals surface area (Å²) in [6.07, 6.45) is 3.15. The summed E-state index contributed by atoms with van der Waals surface area (Å²) in [4.78, 5) is 18.5. The summed E-state index contributed by atoms with van der Waals surface area (Å²) >= 11 is 0. The number of aliphatic imine (C=N–C) groups is 1. The summed E-state index contributed by atoms with van der Waals surface area (Å²) in [5, 5.41) is 0. The zero-order chi connectivity index (χ0) is 23.0. The van der Waals surface area contributed by atoms with Gasteiger partial charge in [0.2, 0.25) is 10.0 Å². The number of ether oxygens (including phenoxy) is 1. The predicted octanol–water partition coefficient (Wildman–Crippen LogP) is 3.92. The van der Waals surface area contributed by atoms with Gasteiger partial charge in [-0.1, -0.05) is 47.5 Å². The van der Waals surface area contributed by atoms with Gasteiger partial charge in [-0.2, -0.15) is 4.31 Å². The minimum absolute atomic E-state index is 0.0672. The topological polar surface area (TPSA) is 76.0 Å². The van der Waals surface area contributed by atoms with Gasteiger partial charge in [0.05, 0.1) is 34.6 Å². The largest absolute Gasteiger partial charge is 0.465 e. The Kier molecular flexibility index (Phi) is 4.48. The van der Waals surface area contributed by atoms with Gasteiger partial charge in [-0.25, -0.2) is 8.42 Å². The maximum Gasteiger partial charge on any atom is 0.310 e. The van der Waals surface area contributed by atoms with Gasteiger partial charge in [0.1, 0.15) is 0 Å². The zero-order valence-corrected chi connectivity index (χ0v) is 19.5. The number of allylic oxidation sites excluding steroid dienone is 1. The lowest BCUT2D eigenvalue weighted by atomic mass is 9.52. The maximum absolute atomic E-state index is 13.9. The molecule has 3 fully saturated rings. The van der Waals surface area contributed by atoms with Crippen LogP contribution in [0.1, 0.15) is 30.9 Å². The molecule has 1 spiro atoms. The van der Waals surface area contributed by atoms with Crippen molar-refractivity contribution in [2.24, 2.45) is 16.8 Å². The molecule has 7 heteroatoms. The van der Waals surface area contributed by atoms with Crippen molar-refractivity contribution >= 4 is 27.4 Å². The first-order chi connectivity index (χ1) is 15.9. The van der Waals surface area contributed by atoms with Crippen LogP contribution in [0.25, 0.3) is 0 Å². The second-order valence-electron chi connectivity index (χ2n) is 9.47. The Bertz CT molecular complexity index is 1330. The number of benzene rings is 2. The predicted molar refractivity (Wildman–Crippen MR) is 125 cm³/mol. The van der Waals surface area contributed by atoms with Crippen molar-refractivity contribution in [2.45, 2.75) is 43.0 Å². The van der Waals surface area contributed by atoms with Crippen molar-refractivity contribution in [2.75, 3.05) is 13.2 Å². The zero-order valence-electron chi connectivity index (χ0n) is 18.7. The van der Waals surface area contributed by atoms with Crippen LogP contribution in [0.3, 0.4) is 0 Å². The molecule has 1 aliphatic carbocycles. The first-order valence-electron chi connectivity index (χ1n) is 11.5. The monoisotopic (exact) mass is 462 g/mol. The van der Waals surface area contributed by atoms with E-state index in [-0.39, 0.29) is 35.3 Å². The van der Waals surface area contributed by atoms with Crippen molar-refractivity contribution in [1.29, 1.82) is 0 Å². The third-order valence-corrected chi connectivity index (χ3v) is 9.83. The number of carbonyl (C=O) groups excluding carboxylic acids is 1. The number of carbonyl (C=O) groups is 1. The molecule has 0 aromatic heterocycles. The fraction of sp³-hybridized carbons (Fsp3) is 0.385. The molecule has 6 rings (SSSR count). The highest BCUT2D eigenvalue weighted by molar-refractivity contribution is 7.89. The van der Waals surface area contributed by atoms with Crippen LogP contribution in [0, 0.1) is 18.8 Å². The fourth-order valence-corrected chi connectivity index (χ4v) is 8.05. The van der Waals surface area contributed by atoms with E-state index in [1.54, 1.807) is 16.4 Å². The third kappa shape index (κ3) is 2.72. The smallest absolute Gasteiger partial charge is 0.310 e. The Morgan fingerprint density at radius 3 is 2.67 bits per heavy atom. The first-order valence-corrected chi connectivity index (χ1v) is 12.9. The van der Waals surface area contributed by atoms with Crippen LogP contribution in [0.5, 0.6) is 0 Å². The molecule has 1 saturated carbocycles. The van der Waals surface area contributed by atoms with Gasteiger partial charge in [-0.05, 0) is 56.4 Å². The molecule has 3 heterocycles. The van der Waals surface area contributed by atoms with E-state index >= 15 is 0 Å². The molecular formula is C26H26N2O4S.